The van der Waals surface area contributed by atoms with Crippen LogP contribution in [0.1, 0.15) is 10.6 Å². The van der Waals surface area contributed by atoms with E-state index in [0.29, 0.717) is 12.3 Å². The second-order valence-electron chi connectivity index (χ2n) is 5.11. The van der Waals surface area contributed by atoms with Crippen LogP contribution in [0, 0.1) is 0 Å². The molecule has 0 saturated carbocycles. The van der Waals surface area contributed by atoms with Crippen LogP contribution in [0.3, 0.4) is 0 Å². The Morgan fingerprint density at radius 3 is 2.58 bits per heavy atom. The van der Waals surface area contributed by atoms with Crippen LogP contribution >= 0.6 is 0 Å². The SMILES string of the molecule is CN(C)CCN(C)CC(=O)c1cc2ccccc2o1. The minimum absolute atomic E-state index is 0.0254. The zero-order valence-corrected chi connectivity index (χ0v) is 11.7. The van der Waals surface area contributed by atoms with E-state index in [1.54, 1.807) is 0 Å². The Bertz CT molecular complexity index is 527. The topological polar surface area (TPSA) is 36.7 Å². The second-order valence-corrected chi connectivity index (χ2v) is 5.11. The standard InChI is InChI=1S/C15H20N2O2/c1-16(2)8-9-17(3)11-13(18)15-10-12-6-4-5-7-14(12)19-15/h4-7,10H,8-9,11H2,1-3H3. The third kappa shape index (κ3) is 3.66. The van der Waals surface area contributed by atoms with Gasteiger partial charge in [-0.15, -0.1) is 0 Å². The van der Waals surface area contributed by atoms with Crippen molar-refractivity contribution in [1.82, 2.24) is 9.80 Å². The first-order valence-corrected chi connectivity index (χ1v) is 6.41. The molecule has 0 aliphatic rings. The number of rotatable bonds is 6. The van der Waals surface area contributed by atoms with Crippen LogP contribution in [0.4, 0.5) is 0 Å². The Labute approximate surface area is 113 Å². The maximum absolute atomic E-state index is 12.1. The predicted molar refractivity (Wildman–Crippen MR) is 76.6 cm³/mol. The lowest BCUT2D eigenvalue weighted by atomic mass is 10.2. The second kappa shape index (κ2) is 5.99. The molecular weight excluding hydrogens is 240 g/mol. The highest BCUT2D eigenvalue weighted by molar-refractivity contribution is 5.98. The number of benzene rings is 1. The Kier molecular flexibility index (Phi) is 4.35. The van der Waals surface area contributed by atoms with Crippen LogP contribution in [0.2, 0.25) is 0 Å². The van der Waals surface area contributed by atoms with Crippen LogP contribution in [0.5, 0.6) is 0 Å². The average molecular weight is 260 g/mol. The van der Waals surface area contributed by atoms with Gasteiger partial charge in [0.1, 0.15) is 5.58 Å². The molecule has 0 spiro atoms. The molecule has 102 valence electrons. The van der Waals surface area contributed by atoms with E-state index in [0.717, 1.165) is 24.1 Å². The molecular formula is C15H20N2O2. The molecule has 19 heavy (non-hydrogen) atoms. The number of furan rings is 1. The number of likely N-dealkylation sites (N-methyl/N-ethyl adjacent to an activating group) is 2. The summed E-state index contributed by atoms with van der Waals surface area (Å²) < 4.78 is 5.57. The maximum atomic E-state index is 12.1. The van der Waals surface area contributed by atoms with Crippen LogP contribution < -0.4 is 0 Å². The van der Waals surface area contributed by atoms with Gasteiger partial charge in [0.05, 0.1) is 6.54 Å². The predicted octanol–water partition coefficient (Wildman–Crippen LogP) is 2.11. The number of para-hydroxylation sites is 1. The third-order valence-electron chi connectivity index (χ3n) is 3.04. The Morgan fingerprint density at radius 1 is 1.16 bits per heavy atom. The summed E-state index contributed by atoms with van der Waals surface area (Å²) in [6.07, 6.45) is 0. The summed E-state index contributed by atoms with van der Waals surface area (Å²) >= 11 is 0. The summed E-state index contributed by atoms with van der Waals surface area (Å²) in [5, 5.41) is 0.974. The number of hydrogen-bond donors (Lipinski definition) is 0. The van der Waals surface area contributed by atoms with Crippen LogP contribution in [0.15, 0.2) is 34.7 Å². The lowest BCUT2D eigenvalue weighted by Crippen LogP contribution is -2.32. The molecule has 1 aromatic carbocycles. The minimum Gasteiger partial charge on any atom is -0.453 e. The van der Waals surface area contributed by atoms with Gasteiger partial charge in [-0.2, -0.15) is 0 Å². The quantitative estimate of drug-likeness (QED) is 0.745. The van der Waals surface area contributed by atoms with Crippen molar-refractivity contribution < 1.29 is 9.21 Å². The third-order valence-corrected chi connectivity index (χ3v) is 3.04. The van der Waals surface area contributed by atoms with Gasteiger partial charge in [0.15, 0.2) is 5.76 Å². The number of fused-ring (bicyclic) bond motifs is 1. The summed E-state index contributed by atoms with van der Waals surface area (Å²) in [6.45, 7) is 2.18. The van der Waals surface area contributed by atoms with Gasteiger partial charge in [-0.1, -0.05) is 18.2 Å². The fraction of sp³-hybridized carbons (Fsp3) is 0.400. The molecule has 1 heterocycles. The van der Waals surface area contributed by atoms with Gasteiger partial charge >= 0.3 is 0 Å². The molecule has 4 nitrogen and oxygen atoms in total. The van der Waals surface area contributed by atoms with Crippen molar-refractivity contribution in [2.75, 3.05) is 40.8 Å². The highest BCUT2D eigenvalue weighted by Gasteiger charge is 2.14. The Hall–Kier alpha value is -1.65. The summed E-state index contributed by atoms with van der Waals surface area (Å²) in [7, 11) is 5.99. The van der Waals surface area contributed by atoms with Crippen molar-refractivity contribution >= 4 is 16.8 Å². The summed E-state index contributed by atoms with van der Waals surface area (Å²) in [6, 6.07) is 9.49. The Balaban J connectivity index is 1.99. The first-order chi connectivity index (χ1) is 9.06. The minimum atomic E-state index is 0.0254. The van der Waals surface area contributed by atoms with Crippen molar-refractivity contribution in [2.45, 2.75) is 0 Å². The van der Waals surface area contributed by atoms with E-state index >= 15 is 0 Å². The van der Waals surface area contributed by atoms with E-state index in [1.165, 1.54) is 0 Å². The van der Waals surface area contributed by atoms with E-state index < -0.39 is 0 Å². The molecule has 0 radical (unpaired) electrons. The number of hydrogen-bond acceptors (Lipinski definition) is 4. The van der Waals surface area contributed by atoms with Crippen LogP contribution in [-0.4, -0.2) is 56.4 Å². The zero-order valence-electron chi connectivity index (χ0n) is 11.7. The van der Waals surface area contributed by atoms with E-state index in [1.807, 2.05) is 56.4 Å². The van der Waals surface area contributed by atoms with Crippen LogP contribution in [0.25, 0.3) is 11.0 Å². The molecule has 0 amide bonds. The van der Waals surface area contributed by atoms with E-state index in [9.17, 15) is 4.79 Å². The van der Waals surface area contributed by atoms with Crippen molar-refractivity contribution in [3.63, 3.8) is 0 Å². The van der Waals surface area contributed by atoms with Gasteiger partial charge in [0, 0.05) is 18.5 Å². The van der Waals surface area contributed by atoms with Crippen molar-refractivity contribution in [1.29, 1.82) is 0 Å². The molecule has 2 rings (SSSR count). The molecule has 0 fully saturated rings. The summed E-state index contributed by atoms with van der Waals surface area (Å²) in [4.78, 5) is 16.2. The van der Waals surface area contributed by atoms with Gasteiger partial charge in [-0.3, -0.25) is 9.69 Å². The first kappa shape index (κ1) is 13.8. The fourth-order valence-corrected chi connectivity index (χ4v) is 1.89. The Morgan fingerprint density at radius 2 is 1.89 bits per heavy atom. The number of Topliss-reactive ketones (excluding diaryl/α,β-unsaturated/α-hetero) is 1. The fourth-order valence-electron chi connectivity index (χ4n) is 1.89. The lowest BCUT2D eigenvalue weighted by molar-refractivity contribution is 0.0917. The van der Waals surface area contributed by atoms with E-state index in [2.05, 4.69) is 4.90 Å². The molecule has 0 atom stereocenters. The lowest BCUT2D eigenvalue weighted by Gasteiger charge is -2.17. The molecule has 0 aliphatic heterocycles. The smallest absolute Gasteiger partial charge is 0.211 e. The highest BCUT2D eigenvalue weighted by atomic mass is 16.3. The molecule has 0 bridgehead atoms. The van der Waals surface area contributed by atoms with Gasteiger partial charge in [-0.25, -0.2) is 0 Å². The summed E-state index contributed by atoms with van der Waals surface area (Å²) in [5.74, 6) is 0.468. The summed E-state index contributed by atoms with van der Waals surface area (Å²) in [5.41, 5.74) is 0.766. The van der Waals surface area contributed by atoms with E-state index in [-0.39, 0.29) is 5.78 Å². The van der Waals surface area contributed by atoms with Crippen molar-refractivity contribution in [2.24, 2.45) is 0 Å². The highest BCUT2D eigenvalue weighted by Crippen LogP contribution is 2.19. The zero-order chi connectivity index (χ0) is 13.8. The molecule has 0 aliphatic carbocycles. The van der Waals surface area contributed by atoms with Gasteiger partial charge in [0.25, 0.3) is 0 Å². The average Bonchev–Trinajstić information content (AvgIpc) is 2.80. The monoisotopic (exact) mass is 260 g/mol. The van der Waals surface area contributed by atoms with Crippen molar-refractivity contribution in [3.8, 4) is 0 Å². The van der Waals surface area contributed by atoms with E-state index in [4.69, 9.17) is 4.42 Å². The number of carbonyl (C=O) groups is 1. The molecule has 0 unspecified atom stereocenters. The van der Waals surface area contributed by atoms with Crippen LogP contribution in [-0.2, 0) is 0 Å². The molecule has 4 heteroatoms. The molecule has 2 aromatic rings. The maximum Gasteiger partial charge on any atom is 0.211 e. The molecule has 0 saturated heterocycles. The van der Waals surface area contributed by atoms with Gasteiger partial charge in [-0.05, 0) is 33.3 Å². The largest absolute Gasteiger partial charge is 0.453 e. The first-order valence-electron chi connectivity index (χ1n) is 6.41. The normalized spacial score (nSPS) is 11.6. The van der Waals surface area contributed by atoms with Gasteiger partial charge < -0.3 is 9.32 Å². The van der Waals surface area contributed by atoms with Crippen molar-refractivity contribution in [3.05, 3.63) is 36.1 Å². The number of ketones is 1. The number of nitrogens with zero attached hydrogens (tertiary/aromatic N) is 2. The molecule has 0 N–H and O–H groups in total. The number of carbonyl (C=O) groups excluding carboxylic acids is 1. The molecule has 1 aromatic heterocycles. The van der Waals surface area contributed by atoms with Gasteiger partial charge in [0.2, 0.25) is 5.78 Å².